The number of carbonyl (C=O) groups is 1. The van der Waals surface area contributed by atoms with Crippen molar-refractivity contribution in [1.82, 2.24) is 5.32 Å². The molecule has 3 aliphatic carbocycles. The zero-order valence-electron chi connectivity index (χ0n) is 12.4. The van der Waals surface area contributed by atoms with E-state index in [1.165, 1.54) is 51.4 Å². The summed E-state index contributed by atoms with van der Waals surface area (Å²) in [7, 11) is 0. The molecule has 1 N–H and O–H groups in total. The van der Waals surface area contributed by atoms with Gasteiger partial charge in [0.15, 0.2) is 0 Å². The molecule has 2 nitrogen and oxygen atoms in total. The van der Waals surface area contributed by atoms with Crippen LogP contribution < -0.4 is 5.32 Å². The highest BCUT2D eigenvalue weighted by Gasteiger charge is 2.42. The van der Waals surface area contributed by atoms with Crippen LogP contribution in [0.4, 0.5) is 0 Å². The number of hydrogen-bond acceptors (Lipinski definition) is 1. The molecule has 108 valence electrons. The van der Waals surface area contributed by atoms with E-state index in [-0.39, 0.29) is 0 Å². The molecule has 0 aromatic carbocycles. The quantitative estimate of drug-likeness (QED) is 0.801. The van der Waals surface area contributed by atoms with Crippen LogP contribution in [0.25, 0.3) is 0 Å². The second-order valence-electron chi connectivity index (χ2n) is 7.38. The van der Waals surface area contributed by atoms with Gasteiger partial charge in [-0.15, -0.1) is 0 Å². The Morgan fingerprint density at radius 3 is 2.58 bits per heavy atom. The lowest BCUT2D eigenvalue weighted by molar-refractivity contribution is -0.122. The molecule has 2 bridgehead atoms. The number of nitrogens with one attached hydrogen (secondary N) is 1. The molecule has 0 aromatic rings. The fourth-order valence-corrected chi connectivity index (χ4v) is 4.97. The van der Waals surface area contributed by atoms with Crippen molar-refractivity contribution in [3.63, 3.8) is 0 Å². The molecule has 3 rings (SSSR count). The molecule has 0 radical (unpaired) electrons. The van der Waals surface area contributed by atoms with Crippen LogP contribution in [-0.4, -0.2) is 11.9 Å². The van der Waals surface area contributed by atoms with E-state index < -0.39 is 0 Å². The van der Waals surface area contributed by atoms with Crippen molar-refractivity contribution >= 4 is 5.91 Å². The summed E-state index contributed by atoms with van der Waals surface area (Å²) in [6.45, 7) is 2.23. The maximum atomic E-state index is 12.1. The van der Waals surface area contributed by atoms with Gasteiger partial charge < -0.3 is 5.32 Å². The minimum atomic E-state index is 0.308. The molecule has 0 aliphatic heterocycles. The maximum absolute atomic E-state index is 12.1. The van der Waals surface area contributed by atoms with E-state index in [4.69, 9.17) is 0 Å². The molecule has 0 heterocycles. The molecule has 0 aromatic heterocycles. The molecule has 2 heteroatoms. The number of hydrogen-bond donors (Lipinski definition) is 1. The standard InChI is InChI=1S/C17H29NO/c1-12(16-11-14-6-8-15(16)10-14)18-17(19)9-7-13-4-2-3-5-13/h12-16H,2-11H2,1H3,(H,18,19)/t12-,14+,15+,16-/m1/s1. The molecule has 3 fully saturated rings. The fraction of sp³-hybridized carbons (Fsp3) is 0.941. The van der Waals surface area contributed by atoms with Crippen molar-refractivity contribution in [2.75, 3.05) is 0 Å². The summed E-state index contributed by atoms with van der Waals surface area (Å²) in [6, 6.07) is 0.409. The summed E-state index contributed by atoms with van der Waals surface area (Å²) >= 11 is 0. The van der Waals surface area contributed by atoms with Crippen molar-refractivity contribution in [3.05, 3.63) is 0 Å². The molecule has 1 amide bonds. The van der Waals surface area contributed by atoms with Crippen molar-refractivity contribution in [3.8, 4) is 0 Å². The molecule has 0 spiro atoms. The van der Waals surface area contributed by atoms with Crippen LogP contribution in [0.5, 0.6) is 0 Å². The van der Waals surface area contributed by atoms with Crippen molar-refractivity contribution < 1.29 is 4.79 Å². The Bertz CT molecular complexity index is 321. The van der Waals surface area contributed by atoms with Crippen LogP contribution in [0.2, 0.25) is 0 Å². The average molecular weight is 263 g/mol. The first-order chi connectivity index (χ1) is 9.22. The third-order valence-electron chi connectivity index (χ3n) is 6.08. The zero-order chi connectivity index (χ0) is 13.2. The number of rotatable bonds is 5. The Morgan fingerprint density at radius 1 is 1.16 bits per heavy atom. The van der Waals surface area contributed by atoms with Crippen molar-refractivity contribution in [2.45, 2.75) is 77.2 Å². The minimum absolute atomic E-state index is 0.308. The Morgan fingerprint density at radius 2 is 1.95 bits per heavy atom. The molecular formula is C17H29NO. The van der Waals surface area contributed by atoms with Gasteiger partial charge >= 0.3 is 0 Å². The SMILES string of the molecule is C[C@@H](NC(=O)CCC1CCCC1)[C@H]1C[C@H]2CC[C@H]1C2. The molecule has 4 atom stereocenters. The Balaban J connectivity index is 1.39. The molecule has 0 saturated heterocycles. The molecular weight excluding hydrogens is 234 g/mol. The van der Waals surface area contributed by atoms with Crippen molar-refractivity contribution in [1.29, 1.82) is 0 Å². The van der Waals surface area contributed by atoms with Gasteiger partial charge in [0.2, 0.25) is 5.91 Å². The summed E-state index contributed by atoms with van der Waals surface area (Å²) < 4.78 is 0. The number of carbonyl (C=O) groups excluding carboxylic acids is 1. The highest BCUT2D eigenvalue weighted by Crippen LogP contribution is 2.49. The predicted octanol–water partition coefficient (Wildman–Crippen LogP) is 3.90. The normalized spacial score (nSPS) is 35.7. The predicted molar refractivity (Wildman–Crippen MR) is 77.7 cm³/mol. The first-order valence-electron chi connectivity index (χ1n) is 8.51. The minimum Gasteiger partial charge on any atom is -0.353 e. The topological polar surface area (TPSA) is 29.1 Å². The van der Waals surface area contributed by atoms with Gasteiger partial charge in [-0.2, -0.15) is 0 Å². The van der Waals surface area contributed by atoms with Crippen LogP contribution in [0.15, 0.2) is 0 Å². The first-order valence-corrected chi connectivity index (χ1v) is 8.51. The van der Waals surface area contributed by atoms with Crippen molar-refractivity contribution in [2.24, 2.45) is 23.7 Å². The summed E-state index contributed by atoms with van der Waals surface area (Å²) in [5.74, 6) is 3.81. The monoisotopic (exact) mass is 263 g/mol. The lowest BCUT2D eigenvalue weighted by Crippen LogP contribution is -2.40. The van der Waals surface area contributed by atoms with Gasteiger partial charge in [-0.3, -0.25) is 4.79 Å². The highest BCUT2D eigenvalue weighted by atomic mass is 16.1. The van der Waals surface area contributed by atoms with Gasteiger partial charge in [-0.05, 0) is 56.3 Å². The van der Waals surface area contributed by atoms with E-state index in [9.17, 15) is 4.79 Å². The lowest BCUT2D eigenvalue weighted by Gasteiger charge is -2.28. The summed E-state index contributed by atoms with van der Waals surface area (Å²) in [5, 5.41) is 3.29. The molecule has 0 unspecified atom stereocenters. The third-order valence-corrected chi connectivity index (χ3v) is 6.08. The van der Waals surface area contributed by atoms with E-state index >= 15 is 0 Å². The Hall–Kier alpha value is -0.530. The van der Waals surface area contributed by atoms with Crippen LogP contribution >= 0.6 is 0 Å². The molecule has 3 aliphatic rings. The van der Waals surface area contributed by atoms with E-state index in [1.54, 1.807) is 0 Å². The van der Waals surface area contributed by atoms with E-state index in [0.29, 0.717) is 11.9 Å². The second-order valence-corrected chi connectivity index (χ2v) is 7.38. The Kier molecular flexibility index (Phi) is 4.14. The zero-order valence-corrected chi connectivity index (χ0v) is 12.4. The Labute approximate surface area is 117 Å². The average Bonchev–Trinajstić information content (AvgIpc) is 3.13. The number of amides is 1. The largest absolute Gasteiger partial charge is 0.353 e. The van der Waals surface area contributed by atoms with Crippen LogP contribution in [0, 0.1) is 23.7 Å². The summed E-state index contributed by atoms with van der Waals surface area (Å²) in [5.41, 5.74) is 0. The first kappa shape index (κ1) is 13.5. The smallest absolute Gasteiger partial charge is 0.220 e. The van der Waals surface area contributed by atoms with Gasteiger partial charge in [0, 0.05) is 12.5 Å². The van der Waals surface area contributed by atoms with E-state index in [0.717, 1.165) is 36.5 Å². The van der Waals surface area contributed by atoms with Gasteiger partial charge in [0.25, 0.3) is 0 Å². The fourth-order valence-electron chi connectivity index (χ4n) is 4.97. The van der Waals surface area contributed by atoms with Gasteiger partial charge in [-0.25, -0.2) is 0 Å². The molecule has 3 saturated carbocycles. The van der Waals surface area contributed by atoms with Crippen LogP contribution in [0.3, 0.4) is 0 Å². The van der Waals surface area contributed by atoms with Crippen LogP contribution in [0.1, 0.15) is 71.1 Å². The highest BCUT2D eigenvalue weighted by molar-refractivity contribution is 5.76. The summed E-state index contributed by atoms with van der Waals surface area (Å²) in [4.78, 5) is 12.1. The third kappa shape index (κ3) is 3.14. The van der Waals surface area contributed by atoms with Crippen LogP contribution in [-0.2, 0) is 4.79 Å². The maximum Gasteiger partial charge on any atom is 0.220 e. The van der Waals surface area contributed by atoms with Gasteiger partial charge in [-0.1, -0.05) is 32.1 Å². The van der Waals surface area contributed by atoms with E-state index in [1.807, 2.05) is 0 Å². The van der Waals surface area contributed by atoms with Gasteiger partial charge in [0.1, 0.15) is 0 Å². The molecule has 19 heavy (non-hydrogen) atoms. The van der Waals surface area contributed by atoms with Gasteiger partial charge in [0.05, 0.1) is 0 Å². The lowest BCUT2D eigenvalue weighted by atomic mass is 9.84. The summed E-state index contributed by atoms with van der Waals surface area (Å²) in [6.07, 6.45) is 13.0. The second kappa shape index (κ2) is 5.85. The number of fused-ring (bicyclic) bond motifs is 2. The van der Waals surface area contributed by atoms with E-state index in [2.05, 4.69) is 12.2 Å².